The van der Waals surface area contributed by atoms with Gasteiger partial charge in [0, 0.05) is 0 Å². The lowest BCUT2D eigenvalue weighted by Gasteiger charge is -2.15. The minimum Gasteiger partial charge on any atom is -0.481 e. The van der Waals surface area contributed by atoms with E-state index < -0.39 is 6.10 Å². The molecule has 0 bridgehead atoms. The number of carbonyl (C=O) groups is 1. The predicted molar refractivity (Wildman–Crippen MR) is 86.1 cm³/mol. The van der Waals surface area contributed by atoms with E-state index in [2.05, 4.69) is 5.32 Å². The van der Waals surface area contributed by atoms with Gasteiger partial charge in [-0.2, -0.15) is 0 Å². The molecule has 0 radical (unpaired) electrons. The summed E-state index contributed by atoms with van der Waals surface area (Å²) in [6.07, 6.45) is -0.606. The first-order valence-electron chi connectivity index (χ1n) is 6.76. The van der Waals surface area contributed by atoms with Crippen LogP contribution >= 0.6 is 11.6 Å². The van der Waals surface area contributed by atoms with Gasteiger partial charge in [0.1, 0.15) is 5.75 Å². The summed E-state index contributed by atoms with van der Waals surface area (Å²) >= 11 is 6.10. The smallest absolute Gasteiger partial charge is 0.265 e. The molecule has 0 saturated carbocycles. The maximum Gasteiger partial charge on any atom is 0.265 e. The van der Waals surface area contributed by atoms with Gasteiger partial charge in [0.2, 0.25) is 0 Å². The topological polar surface area (TPSA) is 38.3 Å². The highest BCUT2D eigenvalue weighted by Crippen LogP contribution is 2.23. The highest BCUT2D eigenvalue weighted by atomic mass is 35.5. The number of nitrogens with one attached hydrogen (secondary N) is 1. The van der Waals surface area contributed by atoms with Gasteiger partial charge in [-0.3, -0.25) is 4.79 Å². The van der Waals surface area contributed by atoms with Gasteiger partial charge in [-0.1, -0.05) is 35.4 Å². The van der Waals surface area contributed by atoms with E-state index in [0.717, 1.165) is 11.1 Å². The normalized spacial score (nSPS) is 11.8. The van der Waals surface area contributed by atoms with E-state index in [0.29, 0.717) is 16.5 Å². The van der Waals surface area contributed by atoms with Crippen LogP contribution in [0.25, 0.3) is 0 Å². The van der Waals surface area contributed by atoms with E-state index in [1.165, 1.54) is 0 Å². The molecule has 0 aliphatic carbocycles. The van der Waals surface area contributed by atoms with E-state index in [9.17, 15) is 4.79 Å². The van der Waals surface area contributed by atoms with Crippen molar-refractivity contribution in [2.75, 3.05) is 5.32 Å². The molecule has 0 unspecified atom stereocenters. The average Bonchev–Trinajstić information content (AvgIpc) is 2.44. The Hall–Kier alpha value is -2.00. The summed E-state index contributed by atoms with van der Waals surface area (Å²) in [6, 6.07) is 13.1. The number of aryl methyl sites for hydroxylation is 2. The van der Waals surface area contributed by atoms with E-state index in [1.807, 2.05) is 50.2 Å². The fourth-order valence-electron chi connectivity index (χ4n) is 1.83. The van der Waals surface area contributed by atoms with Crippen LogP contribution in [0.1, 0.15) is 18.1 Å². The van der Waals surface area contributed by atoms with Crippen molar-refractivity contribution in [1.82, 2.24) is 0 Å². The molecule has 2 rings (SSSR count). The predicted octanol–water partition coefficient (Wildman–Crippen LogP) is 4.36. The van der Waals surface area contributed by atoms with Crippen molar-refractivity contribution in [2.24, 2.45) is 0 Å². The van der Waals surface area contributed by atoms with Crippen molar-refractivity contribution in [3.63, 3.8) is 0 Å². The molecule has 4 heteroatoms. The molecule has 110 valence electrons. The lowest BCUT2D eigenvalue weighted by Crippen LogP contribution is -2.30. The Kier molecular flexibility index (Phi) is 4.86. The van der Waals surface area contributed by atoms with Crippen LogP contribution in [0.15, 0.2) is 42.5 Å². The highest BCUT2D eigenvalue weighted by Gasteiger charge is 2.16. The molecule has 21 heavy (non-hydrogen) atoms. The standard InChI is InChI=1S/C17H18ClNO2/c1-11-4-7-14(8-5-11)21-13(3)17(20)19-16-9-6-12(2)10-15(16)18/h4-10,13H,1-3H3,(H,19,20)/t13-/m1/s1. The van der Waals surface area contributed by atoms with Crippen LogP contribution in [-0.4, -0.2) is 12.0 Å². The molecule has 0 aromatic heterocycles. The molecule has 0 aliphatic heterocycles. The molecular weight excluding hydrogens is 286 g/mol. The molecule has 0 fully saturated rings. The summed E-state index contributed by atoms with van der Waals surface area (Å²) in [4.78, 5) is 12.1. The van der Waals surface area contributed by atoms with Crippen LogP contribution < -0.4 is 10.1 Å². The molecule has 0 spiro atoms. The first-order valence-corrected chi connectivity index (χ1v) is 7.14. The van der Waals surface area contributed by atoms with Crippen LogP contribution in [0.2, 0.25) is 5.02 Å². The number of rotatable bonds is 4. The number of halogens is 1. The van der Waals surface area contributed by atoms with E-state index in [4.69, 9.17) is 16.3 Å². The van der Waals surface area contributed by atoms with Crippen molar-refractivity contribution in [1.29, 1.82) is 0 Å². The van der Waals surface area contributed by atoms with Crippen LogP contribution in [-0.2, 0) is 4.79 Å². The van der Waals surface area contributed by atoms with Crippen molar-refractivity contribution in [3.8, 4) is 5.75 Å². The van der Waals surface area contributed by atoms with Crippen LogP contribution in [0.4, 0.5) is 5.69 Å². The number of anilines is 1. The van der Waals surface area contributed by atoms with Gasteiger partial charge in [-0.25, -0.2) is 0 Å². The molecule has 0 saturated heterocycles. The van der Waals surface area contributed by atoms with Gasteiger partial charge in [-0.05, 0) is 50.6 Å². The summed E-state index contributed by atoms with van der Waals surface area (Å²) in [5, 5.41) is 3.29. The fraction of sp³-hybridized carbons (Fsp3) is 0.235. The maximum absolute atomic E-state index is 12.1. The number of carbonyl (C=O) groups excluding carboxylic acids is 1. The Morgan fingerprint density at radius 2 is 1.71 bits per heavy atom. The molecule has 0 aliphatic rings. The largest absolute Gasteiger partial charge is 0.481 e. The van der Waals surface area contributed by atoms with E-state index >= 15 is 0 Å². The molecule has 2 aromatic rings. The number of amides is 1. The Morgan fingerprint density at radius 1 is 1.10 bits per heavy atom. The monoisotopic (exact) mass is 303 g/mol. The van der Waals surface area contributed by atoms with Crippen LogP contribution in [0.5, 0.6) is 5.75 Å². The summed E-state index contributed by atoms with van der Waals surface area (Å²) in [5.74, 6) is 0.430. The van der Waals surface area contributed by atoms with E-state index in [-0.39, 0.29) is 5.91 Å². The zero-order valence-corrected chi connectivity index (χ0v) is 13.1. The quantitative estimate of drug-likeness (QED) is 0.911. The molecule has 2 aromatic carbocycles. The Balaban J connectivity index is 2.00. The van der Waals surface area contributed by atoms with Gasteiger partial charge >= 0.3 is 0 Å². The molecule has 1 amide bonds. The van der Waals surface area contributed by atoms with Crippen molar-refractivity contribution >= 4 is 23.2 Å². The minimum atomic E-state index is -0.606. The number of hydrogen-bond acceptors (Lipinski definition) is 2. The molecule has 1 atom stereocenters. The van der Waals surface area contributed by atoms with Crippen molar-refractivity contribution in [2.45, 2.75) is 26.9 Å². The summed E-state index contributed by atoms with van der Waals surface area (Å²) in [5.41, 5.74) is 2.78. The fourth-order valence-corrected chi connectivity index (χ4v) is 2.11. The second-order valence-corrected chi connectivity index (χ2v) is 5.45. The summed E-state index contributed by atoms with van der Waals surface area (Å²) in [6.45, 7) is 5.65. The maximum atomic E-state index is 12.1. The zero-order valence-electron chi connectivity index (χ0n) is 12.3. The lowest BCUT2D eigenvalue weighted by atomic mass is 10.2. The minimum absolute atomic E-state index is 0.235. The van der Waals surface area contributed by atoms with Crippen molar-refractivity contribution < 1.29 is 9.53 Å². The number of ether oxygens (including phenoxy) is 1. The first-order chi connectivity index (χ1) is 9.95. The van der Waals surface area contributed by atoms with Gasteiger partial charge in [-0.15, -0.1) is 0 Å². The van der Waals surface area contributed by atoms with Gasteiger partial charge in [0.15, 0.2) is 6.10 Å². The average molecular weight is 304 g/mol. The second kappa shape index (κ2) is 6.64. The number of hydrogen-bond donors (Lipinski definition) is 1. The Morgan fingerprint density at radius 3 is 2.33 bits per heavy atom. The summed E-state index contributed by atoms with van der Waals surface area (Å²) < 4.78 is 5.61. The Bertz CT molecular complexity index is 638. The zero-order chi connectivity index (χ0) is 15.4. The van der Waals surface area contributed by atoms with E-state index in [1.54, 1.807) is 13.0 Å². The molecule has 3 nitrogen and oxygen atoms in total. The number of benzene rings is 2. The van der Waals surface area contributed by atoms with Gasteiger partial charge in [0.25, 0.3) is 5.91 Å². The van der Waals surface area contributed by atoms with Crippen molar-refractivity contribution in [3.05, 3.63) is 58.6 Å². The summed E-state index contributed by atoms with van der Waals surface area (Å²) in [7, 11) is 0. The van der Waals surface area contributed by atoms with Gasteiger partial charge < -0.3 is 10.1 Å². The van der Waals surface area contributed by atoms with Gasteiger partial charge in [0.05, 0.1) is 10.7 Å². The third-order valence-corrected chi connectivity index (χ3v) is 3.40. The SMILES string of the molecule is Cc1ccc(O[C@H](C)C(=O)Nc2ccc(C)cc2Cl)cc1. The third-order valence-electron chi connectivity index (χ3n) is 3.09. The van der Waals surface area contributed by atoms with Crippen LogP contribution in [0.3, 0.4) is 0 Å². The highest BCUT2D eigenvalue weighted by molar-refractivity contribution is 6.33. The Labute approximate surface area is 129 Å². The second-order valence-electron chi connectivity index (χ2n) is 5.05. The van der Waals surface area contributed by atoms with Crippen LogP contribution in [0, 0.1) is 13.8 Å². The lowest BCUT2D eigenvalue weighted by molar-refractivity contribution is -0.122. The molecule has 0 heterocycles. The first kappa shape index (κ1) is 15.4. The molecular formula is C17H18ClNO2. The molecule has 1 N–H and O–H groups in total. The third kappa shape index (κ3) is 4.23.